The molecule has 5 heteroatoms. The molecule has 3 aromatic carbocycles. The molecule has 0 saturated carbocycles. The Balaban J connectivity index is 1.67. The van der Waals surface area contributed by atoms with Crippen molar-refractivity contribution in [1.29, 1.82) is 0 Å². The summed E-state index contributed by atoms with van der Waals surface area (Å²) in [5.41, 5.74) is 10.4. The van der Waals surface area contributed by atoms with Gasteiger partial charge < -0.3 is 5.73 Å². The molecule has 4 aromatic rings. The van der Waals surface area contributed by atoms with Crippen molar-refractivity contribution in [2.24, 2.45) is 5.73 Å². The maximum absolute atomic E-state index is 12.0. The summed E-state index contributed by atoms with van der Waals surface area (Å²) < 4.78 is 1.86. The summed E-state index contributed by atoms with van der Waals surface area (Å²) in [5.74, 6) is -0.409. The average Bonchev–Trinajstić information content (AvgIpc) is 3.20. The zero-order valence-corrected chi connectivity index (χ0v) is 15.9. The van der Waals surface area contributed by atoms with Crippen molar-refractivity contribution in [3.05, 3.63) is 108 Å². The van der Waals surface area contributed by atoms with E-state index in [1.165, 1.54) is 0 Å². The highest BCUT2D eigenvalue weighted by Crippen LogP contribution is 2.24. The molecule has 0 aliphatic rings. The summed E-state index contributed by atoms with van der Waals surface area (Å²) in [6.45, 7) is 0.458. The number of primary amides is 1. The minimum atomic E-state index is -0.570. The summed E-state index contributed by atoms with van der Waals surface area (Å²) in [4.78, 5) is 12.0. The topological polar surface area (TPSA) is 72.9 Å². The van der Waals surface area contributed by atoms with E-state index < -0.39 is 11.9 Å². The van der Waals surface area contributed by atoms with E-state index >= 15 is 0 Å². The molecule has 0 radical (unpaired) electrons. The number of amides is 1. The van der Waals surface area contributed by atoms with Crippen molar-refractivity contribution in [2.45, 2.75) is 12.6 Å². The number of nitrogens with zero attached hydrogens (tertiary/aromatic N) is 2. The monoisotopic (exact) mass is 382 g/mol. The van der Waals surface area contributed by atoms with Gasteiger partial charge >= 0.3 is 0 Å². The van der Waals surface area contributed by atoms with Gasteiger partial charge in [0.25, 0.3) is 0 Å². The van der Waals surface area contributed by atoms with Crippen LogP contribution >= 0.6 is 0 Å². The molecule has 1 aromatic heterocycles. The Hall–Kier alpha value is -3.70. The van der Waals surface area contributed by atoms with Crippen LogP contribution in [0.2, 0.25) is 0 Å². The molecular formula is C24H22N4O. The Morgan fingerprint density at radius 3 is 2.10 bits per heavy atom. The molecule has 0 aliphatic heterocycles. The lowest BCUT2D eigenvalue weighted by atomic mass is 10.0. The van der Waals surface area contributed by atoms with Crippen LogP contribution in [0.1, 0.15) is 17.2 Å². The van der Waals surface area contributed by atoms with Crippen LogP contribution in [0.3, 0.4) is 0 Å². The largest absolute Gasteiger partial charge is 0.368 e. The number of aromatic nitrogens is 2. The molecule has 0 bridgehead atoms. The highest BCUT2D eigenvalue weighted by molar-refractivity contribution is 5.81. The number of benzene rings is 3. The summed E-state index contributed by atoms with van der Waals surface area (Å²) in [7, 11) is 0. The van der Waals surface area contributed by atoms with Crippen LogP contribution in [0.15, 0.2) is 97.2 Å². The third-order valence-corrected chi connectivity index (χ3v) is 4.77. The van der Waals surface area contributed by atoms with Crippen LogP contribution in [0.25, 0.3) is 16.9 Å². The maximum Gasteiger partial charge on any atom is 0.239 e. The van der Waals surface area contributed by atoms with Crippen LogP contribution in [-0.4, -0.2) is 15.7 Å². The zero-order chi connectivity index (χ0) is 20.1. The van der Waals surface area contributed by atoms with Gasteiger partial charge in [-0.25, -0.2) is 4.68 Å². The fourth-order valence-corrected chi connectivity index (χ4v) is 3.33. The highest BCUT2D eigenvalue weighted by Gasteiger charge is 2.19. The Kier molecular flexibility index (Phi) is 5.49. The molecule has 1 amide bonds. The third-order valence-electron chi connectivity index (χ3n) is 4.77. The molecule has 1 atom stereocenters. The third kappa shape index (κ3) is 4.25. The van der Waals surface area contributed by atoms with Crippen molar-refractivity contribution >= 4 is 5.91 Å². The molecule has 5 nitrogen and oxygen atoms in total. The van der Waals surface area contributed by atoms with Crippen LogP contribution in [0, 0.1) is 0 Å². The average molecular weight is 382 g/mol. The van der Waals surface area contributed by atoms with Gasteiger partial charge in [-0.15, -0.1) is 0 Å². The van der Waals surface area contributed by atoms with E-state index in [-0.39, 0.29) is 0 Å². The number of carbonyl (C=O) groups is 1. The molecule has 0 unspecified atom stereocenters. The van der Waals surface area contributed by atoms with Crippen molar-refractivity contribution in [2.75, 3.05) is 0 Å². The first-order valence-corrected chi connectivity index (χ1v) is 9.49. The molecule has 4 rings (SSSR count). The van der Waals surface area contributed by atoms with Gasteiger partial charge in [0.05, 0.1) is 11.4 Å². The standard InChI is InChI=1S/C24H22N4O/c25-24(29)23(19-12-6-2-7-13-19)26-16-20-17-28(21-14-8-3-9-15-21)27-22(20)18-10-4-1-5-11-18/h1-15,17,23,26H,16H2,(H2,25,29)/t23-/m1/s1. The molecule has 29 heavy (non-hydrogen) atoms. The zero-order valence-electron chi connectivity index (χ0n) is 15.9. The van der Waals surface area contributed by atoms with Gasteiger partial charge in [0.1, 0.15) is 6.04 Å². The second kappa shape index (κ2) is 8.54. The smallest absolute Gasteiger partial charge is 0.239 e. The van der Waals surface area contributed by atoms with Gasteiger partial charge in [-0.2, -0.15) is 5.10 Å². The Morgan fingerprint density at radius 1 is 0.897 bits per heavy atom. The first-order chi connectivity index (χ1) is 14.2. The van der Waals surface area contributed by atoms with E-state index in [9.17, 15) is 4.79 Å². The minimum absolute atomic E-state index is 0.409. The molecule has 0 fully saturated rings. The quantitative estimate of drug-likeness (QED) is 0.510. The van der Waals surface area contributed by atoms with Crippen molar-refractivity contribution in [3.63, 3.8) is 0 Å². The SMILES string of the molecule is NC(=O)[C@H](NCc1cn(-c2ccccc2)nc1-c1ccccc1)c1ccccc1. The Labute approximate surface area is 169 Å². The van der Waals surface area contributed by atoms with Gasteiger partial charge in [-0.1, -0.05) is 78.9 Å². The van der Waals surface area contributed by atoms with E-state index in [1.807, 2.05) is 102 Å². The summed E-state index contributed by atoms with van der Waals surface area (Å²) in [6, 6.07) is 28.9. The summed E-state index contributed by atoms with van der Waals surface area (Å²) >= 11 is 0. The van der Waals surface area contributed by atoms with E-state index in [1.54, 1.807) is 0 Å². The maximum atomic E-state index is 12.0. The van der Waals surface area contributed by atoms with Gasteiger partial charge in [0.15, 0.2) is 0 Å². The van der Waals surface area contributed by atoms with Gasteiger partial charge in [-0.3, -0.25) is 10.1 Å². The predicted molar refractivity (Wildman–Crippen MR) is 114 cm³/mol. The second-order valence-electron chi connectivity index (χ2n) is 6.78. The minimum Gasteiger partial charge on any atom is -0.368 e. The second-order valence-corrected chi connectivity index (χ2v) is 6.78. The van der Waals surface area contributed by atoms with Crippen LogP contribution < -0.4 is 11.1 Å². The number of carbonyl (C=O) groups excluding carboxylic acids is 1. The Morgan fingerprint density at radius 2 is 1.48 bits per heavy atom. The lowest BCUT2D eigenvalue weighted by Gasteiger charge is -2.15. The number of nitrogens with two attached hydrogens (primary N) is 1. The van der Waals surface area contributed by atoms with E-state index in [2.05, 4.69) is 5.32 Å². The molecular weight excluding hydrogens is 360 g/mol. The number of rotatable bonds is 7. The normalized spacial score (nSPS) is 11.9. The van der Waals surface area contributed by atoms with E-state index in [0.717, 1.165) is 28.1 Å². The molecule has 0 saturated heterocycles. The molecule has 144 valence electrons. The highest BCUT2D eigenvalue weighted by atomic mass is 16.1. The first kappa shape index (κ1) is 18.7. The van der Waals surface area contributed by atoms with E-state index in [4.69, 9.17) is 10.8 Å². The summed E-state index contributed by atoms with van der Waals surface area (Å²) in [5, 5.41) is 8.11. The van der Waals surface area contributed by atoms with Gasteiger partial charge in [0.2, 0.25) is 5.91 Å². The number of nitrogens with one attached hydrogen (secondary N) is 1. The fourth-order valence-electron chi connectivity index (χ4n) is 3.33. The molecule has 1 heterocycles. The van der Waals surface area contributed by atoms with Crippen LogP contribution in [0.4, 0.5) is 0 Å². The van der Waals surface area contributed by atoms with Crippen molar-refractivity contribution in [1.82, 2.24) is 15.1 Å². The Bertz CT molecular complexity index is 1080. The molecule has 3 N–H and O–H groups in total. The van der Waals surface area contributed by atoms with Gasteiger partial charge in [0, 0.05) is 23.9 Å². The number of hydrogen-bond donors (Lipinski definition) is 2. The van der Waals surface area contributed by atoms with Crippen molar-refractivity contribution in [3.8, 4) is 16.9 Å². The first-order valence-electron chi connectivity index (χ1n) is 9.49. The lowest BCUT2D eigenvalue weighted by Crippen LogP contribution is -2.33. The molecule has 0 aliphatic carbocycles. The predicted octanol–water partition coefficient (Wildman–Crippen LogP) is 3.86. The fraction of sp³-hybridized carbons (Fsp3) is 0.0833. The number of hydrogen-bond acceptors (Lipinski definition) is 3. The van der Waals surface area contributed by atoms with Crippen LogP contribution in [0.5, 0.6) is 0 Å². The lowest BCUT2D eigenvalue weighted by molar-refractivity contribution is -0.120. The van der Waals surface area contributed by atoms with E-state index in [0.29, 0.717) is 6.54 Å². The number of para-hydroxylation sites is 1. The summed E-state index contributed by atoms with van der Waals surface area (Å²) in [6.07, 6.45) is 1.99. The van der Waals surface area contributed by atoms with Gasteiger partial charge in [-0.05, 0) is 17.7 Å². The van der Waals surface area contributed by atoms with Crippen LogP contribution in [-0.2, 0) is 11.3 Å². The van der Waals surface area contributed by atoms with Crippen molar-refractivity contribution < 1.29 is 4.79 Å². The molecule has 0 spiro atoms.